The molecule has 1 saturated carbocycles. The maximum atomic E-state index is 12.9. The highest BCUT2D eigenvalue weighted by molar-refractivity contribution is 7.53. The van der Waals surface area contributed by atoms with Crippen LogP contribution in [0.5, 0.6) is 0 Å². The van der Waals surface area contributed by atoms with Gasteiger partial charge in [-0.25, -0.2) is 15.0 Å². The third-order valence-electron chi connectivity index (χ3n) is 7.73. The average molecular weight is 602 g/mol. The molecule has 13 heteroatoms. The van der Waals surface area contributed by atoms with E-state index in [0.29, 0.717) is 28.8 Å². The minimum absolute atomic E-state index is 0.118. The molecule has 0 bridgehead atoms. The average Bonchev–Trinajstić information content (AvgIpc) is 3.74. The number of anilines is 1. The van der Waals surface area contributed by atoms with Crippen molar-refractivity contribution in [3.05, 3.63) is 36.7 Å². The molecule has 1 aliphatic carbocycles. The van der Waals surface area contributed by atoms with Crippen molar-refractivity contribution in [3.8, 4) is 11.4 Å². The second-order valence-electron chi connectivity index (χ2n) is 11.3. The highest BCUT2D eigenvalue weighted by Crippen LogP contribution is 2.49. The predicted molar refractivity (Wildman–Crippen MR) is 156 cm³/mol. The van der Waals surface area contributed by atoms with Crippen LogP contribution in [0.15, 0.2) is 36.7 Å². The molecule has 4 heterocycles. The van der Waals surface area contributed by atoms with Crippen molar-refractivity contribution >= 4 is 24.6 Å². The molecular weight excluding hydrogens is 561 g/mol. The maximum absolute atomic E-state index is 12.9. The van der Waals surface area contributed by atoms with E-state index < -0.39 is 37.9 Å². The normalized spacial score (nSPS) is 25.8. The fraction of sp³-hybridized carbons (Fsp3) is 0.621. The van der Waals surface area contributed by atoms with Crippen molar-refractivity contribution in [1.29, 1.82) is 0 Å². The first kappa shape index (κ1) is 29.6. The van der Waals surface area contributed by atoms with E-state index in [0.717, 1.165) is 18.4 Å². The quantitative estimate of drug-likeness (QED) is 0.264. The van der Waals surface area contributed by atoms with E-state index in [-0.39, 0.29) is 26.2 Å². The van der Waals surface area contributed by atoms with Gasteiger partial charge >= 0.3 is 7.60 Å². The minimum atomic E-state index is -3.37. The molecule has 2 saturated heterocycles. The Bertz CT molecular complexity index is 1400. The molecule has 0 amide bonds. The van der Waals surface area contributed by atoms with Crippen LogP contribution >= 0.6 is 7.60 Å². The molecule has 42 heavy (non-hydrogen) atoms. The standard InChI is InChI=1S/C29H40N5O7P/c1-5-37-42(35,38-6-2)18-36-16-21-23-24(41-29(3,4)40-23)28(39-21)34-17-30-22-26(31-20-14-10-11-15-20)32-25(33-27(22)34)19-12-8-7-9-13-19/h7-9,12-13,17,20-21,23-24,28H,5-6,10-11,14-16,18H2,1-4H3,(H,31,32,33)/t21-,23-,24-,28-/m1/s1. The van der Waals surface area contributed by atoms with Crippen LogP contribution < -0.4 is 5.32 Å². The molecule has 6 rings (SSSR count). The first-order valence-corrected chi connectivity index (χ1v) is 16.6. The lowest BCUT2D eigenvalue weighted by atomic mass is 10.1. The topological polar surface area (TPSA) is 128 Å². The molecule has 4 atom stereocenters. The van der Waals surface area contributed by atoms with Gasteiger partial charge in [0.15, 0.2) is 34.8 Å². The summed E-state index contributed by atoms with van der Waals surface area (Å²) in [6.45, 7) is 7.93. The summed E-state index contributed by atoms with van der Waals surface area (Å²) in [5, 5.41) is 3.63. The number of rotatable bonds is 12. The highest BCUT2D eigenvalue weighted by Gasteiger charge is 2.56. The van der Waals surface area contributed by atoms with Gasteiger partial charge in [0.25, 0.3) is 0 Å². The largest absolute Gasteiger partial charge is 0.366 e. The van der Waals surface area contributed by atoms with Gasteiger partial charge in [0.05, 0.1) is 26.1 Å². The zero-order chi connectivity index (χ0) is 29.3. The Labute approximate surface area is 245 Å². The maximum Gasteiger partial charge on any atom is 0.356 e. The Kier molecular flexibility index (Phi) is 8.66. The molecule has 12 nitrogen and oxygen atoms in total. The minimum Gasteiger partial charge on any atom is -0.366 e. The zero-order valence-corrected chi connectivity index (χ0v) is 25.5. The second kappa shape index (κ2) is 12.3. The Balaban J connectivity index is 1.31. The van der Waals surface area contributed by atoms with Crippen LogP contribution in [-0.2, 0) is 32.6 Å². The van der Waals surface area contributed by atoms with Gasteiger partial charge < -0.3 is 33.3 Å². The van der Waals surface area contributed by atoms with Gasteiger partial charge in [-0.2, -0.15) is 0 Å². The zero-order valence-electron chi connectivity index (χ0n) is 24.6. The van der Waals surface area contributed by atoms with Gasteiger partial charge in [-0.15, -0.1) is 0 Å². The molecule has 3 aromatic rings. The van der Waals surface area contributed by atoms with Gasteiger partial charge in [0, 0.05) is 11.6 Å². The Hall–Kier alpha value is -2.44. The van der Waals surface area contributed by atoms with Crippen molar-refractivity contribution in [2.24, 2.45) is 0 Å². The summed E-state index contributed by atoms with van der Waals surface area (Å²) in [5.74, 6) is 0.494. The number of hydrogen-bond donors (Lipinski definition) is 1. The van der Waals surface area contributed by atoms with Crippen LogP contribution in [0.3, 0.4) is 0 Å². The van der Waals surface area contributed by atoms with E-state index >= 15 is 0 Å². The molecule has 1 aromatic carbocycles. The number of nitrogens with zero attached hydrogens (tertiary/aromatic N) is 4. The highest BCUT2D eigenvalue weighted by atomic mass is 31.2. The predicted octanol–water partition coefficient (Wildman–Crippen LogP) is 5.51. The fourth-order valence-corrected chi connectivity index (χ4v) is 7.33. The smallest absolute Gasteiger partial charge is 0.356 e. The first-order chi connectivity index (χ1) is 20.3. The molecule has 228 valence electrons. The van der Waals surface area contributed by atoms with Crippen molar-refractivity contribution in [2.75, 3.05) is 31.5 Å². The lowest BCUT2D eigenvalue weighted by molar-refractivity contribution is -0.201. The Morgan fingerprint density at radius 2 is 1.76 bits per heavy atom. The number of ether oxygens (including phenoxy) is 4. The summed E-state index contributed by atoms with van der Waals surface area (Å²) in [6, 6.07) is 10.3. The lowest BCUT2D eigenvalue weighted by Gasteiger charge is -2.25. The SMILES string of the molecule is CCOP(=O)(COC[C@H]1O[C@@H](n2cnc3c(NC4CCCC4)nc(-c4ccccc4)nc32)[C@@H]2OC(C)(C)O[C@@H]21)OCC. The third-order valence-corrected chi connectivity index (χ3v) is 9.53. The summed E-state index contributed by atoms with van der Waals surface area (Å²) >= 11 is 0. The summed E-state index contributed by atoms with van der Waals surface area (Å²) in [5.41, 5.74) is 2.22. The molecule has 0 spiro atoms. The van der Waals surface area contributed by atoms with Crippen molar-refractivity contribution in [1.82, 2.24) is 19.5 Å². The summed E-state index contributed by atoms with van der Waals surface area (Å²) in [6.07, 6.45) is 4.20. The molecule has 2 aliphatic heterocycles. The van der Waals surface area contributed by atoms with E-state index in [4.69, 9.17) is 42.9 Å². The molecule has 0 radical (unpaired) electrons. The van der Waals surface area contributed by atoms with Crippen LogP contribution in [0.4, 0.5) is 5.82 Å². The monoisotopic (exact) mass is 601 g/mol. The van der Waals surface area contributed by atoms with E-state index in [2.05, 4.69) is 5.32 Å². The molecular formula is C29H40N5O7P. The van der Waals surface area contributed by atoms with E-state index in [1.807, 2.05) is 48.7 Å². The van der Waals surface area contributed by atoms with Crippen LogP contribution in [0, 0.1) is 0 Å². The number of hydrogen-bond acceptors (Lipinski definition) is 11. The second-order valence-corrected chi connectivity index (χ2v) is 13.3. The molecule has 2 aromatic heterocycles. The van der Waals surface area contributed by atoms with E-state index in [1.54, 1.807) is 20.2 Å². The third kappa shape index (κ3) is 6.12. The van der Waals surface area contributed by atoms with E-state index in [1.165, 1.54) is 12.8 Å². The van der Waals surface area contributed by atoms with Gasteiger partial charge in [0.1, 0.15) is 24.7 Å². The van der Waals surface area contributed by atoms with Crippen LogP contribution in [0.25, 0.3) is 22.6 Å². The van der Waals surface area contributed by atoms with Gasteiger partial charge in [-0.05, 0) is 40.5 Å². The molecule has 3 aliphatic rings. The van der Waals surface area contributed by atoms with Crippen molar-refractivity contribution in [2.45, 2.75) is 89.7 Å². The number of imidazole rings is 1. The lowest BCUT2D eigenvalue weighted by Crippen LogP contribution is -2.33. The number of aromatic nitrogens is 4. The molecule has 3 fully saturated rings. The first-order valence-electron chi connectivity index (χ1n) is 14.8. The Morgan fingerprint density at radius 1 is 1.05 bits per heavy atom. The van der Waals surface area contributed by atoms with Crippen molar-refractivity contribution in [3.63, 3.8) is 0 Å². The van der Waals surface area contributed by atoms with Gasteiger partial charge in [-0.1, -0.05) is 43.2 Å². The Morgan fingerprint density at radius 3 is 2.48 bits per heavy atom. The van der Waals surface area contributed by atoms with Crippen LogP contribution in [-0.4, -0.2) is 75.8 Å². The van der Waals surface area contributed by atoms with Crippen LogP contribution in [0.2, 0.25) is 0 Å². The molecule has 1 N–H and O–H groups in total. The number of benzene rings is 1. The van der Waals surface area contributed by atoms with Gasteiger partial charge in [0.2, 0.25) is 0 Å². The summed E-state index contributed by atoms with van der Waals surface area (Å²) < 4.78 is 50.6. The summed E-state index contributed by atoms with van der Waals surface area (Å²) in [7, 11) is -3.37. The summed E-state index contributed by atoms with van der Waals surface area (Å²) in [4.78, 5) is 14.6. The fourth-order valence-electron chi connectivity index (χ4n) is 5.99. The van der Waals surface area contributed by atoms with Crippen molar-refractivity contribution < 1.29 is 32.6 Å². The number of nitrogens with one attached hydrogen (secondary N) is 1. The number of fused-ring (bicyclic) bond motifs is 2. The van der Waals surface area contributed by atoms with E-state index in [9.17, 15) is 4.57 Å². The molecule has 0 unspecified atom stereocenters. The van der Waals surface area contributed by atoms with Gasteiger partial charge in [-0.3, -0.25) is 9.13 Å². The van der Waals surface area contributed by atoms with Crippen LogP contribution in [0.1, 0.15) is 59.6 Å².